The molecular weight excluding hydrogens is 1250 g/mol. The molecule has 0 bridgehead atoms. The van der Waals surface area contributed by atoms with Gasteiger partial charge in [-0.1, -0.05) is 262 Å². The number of ether oxygens (including phenoxy) is 1. The van der Waals surface area contributed by atoms with Crippen molar-refractivity contribution in [1.82, 2.24) is 13.7 Å². The fraction of sp³-hybridized carbons (Fsp3) is 0.134. The highest BCUT2D eigenvalue weighted by Gasteiger charge is 2.55. The van der Waals surface area contributed by atoms with Crippen LogP contribution < -0.4 is 26.0 Å². The molecule has 494 valence electrons. The van der Waals surface area contributed by atoms with Gasteiger partial charge in [-0.3, -0.25) is 0 Å². The molecule has 0 saturated heterocycles. The quantitative estimate of drug-likeness (QED) is 0.155. The van der Waals surface area contributed by atoms with Crippen LogP contribution in [-0.2, 0) is 21.7 Å². The van der Waals surface area contributed by atoms with Crippen LogP contribution in [-0.4, -0.2) is 20.4 Å². The summed E-state index contributed by atoms with van der Waals surface area (Å²) >= 11 is 0. The first-order valence-corrected chi connectivity index (χ1v) is 35.2. The molecule has 5 nitrogen and oxygen atoms in total. The van der Waals surface area contributed by atoms with Gasteiger partial charge >= 0.3 is 0 Å². The standard InChI is InChI=1S/C97H77BN4O/c1-94(2,3)62-44-50-86-74(52-62)75-53-63(95(4,5)6)45-51-87(75)99(86)65-46-48-80-78(56-65)97(76-36-20-26-42-90(76)103-91-43-27-21-37-77(91)97)79-57-67(101-84-40-24-18-34-70(84)71-35-19-25-41-85(71)101)59-89-92(79)98(80)81-49-47-66(100-82-38-22-16-32-68(82)69-33-17-23-39-83(69)100)58-88(81)102(89)93-72(60-28-12-10-13-29-60)54-64(96(7,8)9)55-73(93)61-30-14-11-15-31-61/h10-59H,1-9H3/i16D,17D,18D,19D,22D,23D,24D,25D,32D,33D,34D,35D,38D,39D,40D,41D. The third-order valence-electron chi connectivity index (χ3n) is 21.9. The van der Waals surface area contributed by atoms with Gasteiger partial charge in [0.05, 0.1) is 66.1 Å². The number of nitrogens with zero attached hydrogens (tertiary/aromatic N) is 4. The van der Waals surface area contributed by atoms with Crippen LogP contribution in [0.1, 0.15) is 123 Å². The Morgan fingerprint density at radius 2 is 0.738 bits per heavy atom. The fourth-order valence-electron chi connectivity index (χ4n) is 17.1. The van der Waals surface area contributed by atoms with E-state index in [0.717, 1.165) is 88.4 Å². The Labute approximate surface area is 624 Å². The van der Waals surface area contributed by atoms with Crippen molar-refractivity contribution in [3.63, 3.8) is 0 Å². The maximum Gasteiger partial charge on any atom is 0.247 e. The summed E-state index contributed by atoms with van der Waals surface area (Å²) in [6.07, 6.45) is 0. The summed E-state index contributed by atoms with van der Waals surface area (Å²) in [5, 5.41) is 1.71. The van der Waals surface area contributed by atoms with E-state index in [1.165, 1.54) is 11.1 Å². The molecule has 3 aliphatic heterocycles. The summed E-state index contributed by atoms with van der Waals surface area (Å²) in [6.45, 7) is 19.0. The zero-order valence-corrected chi connectivity index (χ0v) is 58.4. The number of fused-ring (bicyclic) bond motifs is 19. The average molecular weight is 1340 g/mol. The Kier molecular flexibility index (Phi) is 9.98. The van der Waals surface area contributed by atoms with Crippen molar-refractivity contribution in [2.24, 2.45) is 0 Å². The van der Waals surface area contributed by atoms with Crippen molar-refractivity contribution in [2.75, 3.05) is 4.90 Å². The Bertz CT molecular complexity index is 7100. The van der Waals surface area contributed by atoms with E-state index in [-0.39, 0.29) is 65.8 Å². The van der Waals surface area contributed by atoms with Crippen LogP contribution in [0.4, 0.5) is 17.1 Å². The van der Waals surface area contributed by atoms with Crippen LogP contribution in [0.25, 0.3) is 105 Å². The lowest BCUT2D eigenvalue weighted by Gasteiger charge is -2.50. The summed E-state index contributed by atoms with van der Waals surface area (Å²) in [5.41, 5.74) is 14.0. The number of para-hydroxylation sites is 6. The predicted molar refractivity (Wildman–Crippen MR) is 434 cm³/mol. The largest absolute Gasteiger partial charge is 0.457 e. The van der Waals surface area contributed by atoms with Crippen LogP contribution >= 0.6 is 0 Å². The maximum atomic E-state index is 10.2. The third-order valence-corrected chi connectivity index (χ3v) is 21.9. The van der Waals surface area contributed by atoms with Gasteiger partial charge in [0, 0.05) is 83.0 Å². The number of hydrogen-bond acceptors (Lipinski definition) is 2. The summed E-state index contributed by atoms with van der Waals surface area (Å²) < 4.78 is 167. The first-order valence-electron chi connectivity index (χ1n) is 43.2. The van der Waals surface area contributed by atoms with Gasteiger partial charge in [0.25, 0.3) is 0 Å². The van der Waals surface area contributed by atoms with E-state index in [4.69, 9.17) is 7.48 Å². The topological polar surface area (TPSA) is 27.3 Å². The van der Waals surface area contributed by atoms with Crippen LogP contribution in [0, 0.1) is 0 Å². The average Bonchev–Trinajstić information content (AvgIpc) is 1.03. The highest BCUT2D eigenvalue weighted by Crippen LogP contribution is 2.59. The Morgan fingerprint density at radius 1 is 0.330 bits per heavy atom. The molecule has 17 aromatic rings. The summed E-state index contributed by atoms with van der Waals surface area (Å²) in [7, 11) is 0. The molecule has 0 atom stereocenters. The van der Waals surface area contributed by atoms with Gasteiger partial charge < -0.3 is 23.3 Å². The van der Waals surface area contributed by atoms with Gasteiger partial charge in [-0.2, -0.15) is 0 Å². The minimum absolute atomic E-state index is 0.0844. The molecule has 0 N–H and O–H groups in total. The van der Waals surface area contributed by atoms with Gasteiger partial charge in [0.1, 0.15) is 11.5 Å². The molecule has 0 unspecified atom stereocenters. The number of hydrogen-bond donors (Lipinski definition) is 0. The van der Waals surface area contributed by atoms with E-state index in [1.807, 2.05) is 97.1 Å². The molecule has 6 heterocycles. The minimum atomic E-state index is -1.47. The zero-order valence-electron chi connectivity index (χ0n) is 74.4. The van der Waals surface area contributed by atoms with Crippen molar-refractivity contribution >= 4 is 106 Å². The van der Waals surface area contributed by atoms with Crippen molar-refractivity contribution < 1.29 is 26.7 Å². The first kappa shape index (κ1) is 46.5. The lowest BCUT2D eigenvalue weighted by atomic mass is 9.29. The Morgan fingerprint density at radius 3 is 1.22 bits per heavy atom. The van der Waals surface area contributed by atoms with Crippen molar-refractivity contribution in [2.45, 2.75) is 84.0 Å². The third kappa shape index (κ3) is 8.92. The lowest BCUT2D eigenvalue weighted by Crippen LogP contribution is -2.65. The molecule has 14 aromatic carbocycles. The van der Waals surface area contributed by atoms with E-state index in [0.29, 0.717) is 34.1 Å². The first-order chi connectivity index (χ1) is 56.6. The second-order valence-electron chi connectivity index (χ2n) is 30.8. The minimum Gasteiger partial charge on any atom is -0.457 e. The van der Waals surface area contributed by atoms with Crippen molar-refractivity contribution in [1.29, 1.82) is 0 Å². The van der Waals surface area contributed by atoms with E-state index < -0.39 is 114 Å². The maximum absolute atomic E-state index is 10.2. The second kappa shape index (κ2) is 22.1. The van der Waals surface area contributed by atoms with Crippen molar-refractivity contribution in [3.8, 4) is 50.8 Å². The number of benzene rings is 14. The van der Waals surface area contributed by atoms with E-state index >= 15 is 0 Å². The summed E-state index contributed by atoms with van der Waals surface area (Å²) in [5.74, 6) is 1.08. The van der Waals surface area contributed by atoms with E-state index in [1.54, 1.807) is 9.13 Å². The molecule has 0 amide bonds. The Balaban J connectivity index is 1.04. The molecule has 6 heteroatoms. The monoisotopic (exact) mass is 1340 g/mol. The van der Waals surface area contributed by atoms with E-state index in [9.17, 15) is 19.2 Å². The zero-order chi connectivity index (χ0) is 83.5. The molecule has 20 rings (SSSR count). The second-order valence-corrected chi connectivity index (χ2v) is 30.8. The molecule has 1 spiro atoms. The van der Waals surface area contributed by atoms with Crippen LogP contribution in [0.2, 0.25) is 0 Å². The normalized spacial score (nSPS) is 16.0. The van der Waals surface area contributed by atoms with Crippen LogP contribution in [0.3, 0.4) is 0 Å². The molecule has 0 saturated carbocycles. The molecule has 3 aliphatic rings. The highest BCUT2D eigenvalue weighted by molar-refractivity contribution is 6.99. The van der Waals surface area contributed by atoms with Gasteiger partial charge in [0.15, 0.2) is 0 Å². The highest BCUT2D eigenvalue weighted by atomic mass is 16.5. The predicted octanol–water partition coefficient (Wildman–Crippen LogP) is 23.3. The van der Waals surface area contributed by atoms with Crippen LogP contribution in [0.15, 0.2) is 303 Å². The van der Waals surface area contributed by atoms with Gasteiger partial charge in [-0.25, -0.2) is 0 Å². The smallest absolute Gasteiger partial charge is 0.247 e. The summed E-state index contributed by atoms with van der Waals surface area (Å²) in [4.78, 5) is 2.21. The number of aromatic nitrogens is 3. The molecular formula is C97H77BN4O. The van der Waals surface area contributed by atoms with Gasteiger partial charge in [0.2, 0.25) is 6.71 Å². The lowest BCUT2D eigenvalue weighted by molar-refractivity contribution is 0.435. The van der Waals surface area contributed by atoms with Gasteiger partial charge in [-0.05, 0) is 175 Å². The molecule has 0 aliphatic carbocycles. The van der Waals surface area contributed by atoms with Crippen molar-refractivity contribution in [3.05, 3.63) is 342 Å². The fourth-order valence-corrected chi connectivity index (χ4v) is 17.1. The molecule has 103 heavy (non-hydrogen) atoms. The van der Waals surface area contributed by atoms with E-state index in [2.05, 4.69) is 181 Å². The summed E-state index contributed by atoms with van der Waals surface area (Å²) in [6, 6.07) is 62.1. The van der Waals surface area contributed by atoms with Gasteiger partial charge in [-0.15, -0.1) is 0 Å². The molecule has 3 aromatic heterocycles. The number of anilines is 3. The molecule has 0 fully saturated rings. The SMILES string of the molecule is [2H]c1c([2H])c([2H])c2c(c1[2H])c1c([2H])c([2H])c([2H])c([2H])c1n2-c1ccc2c(c1)N(c1c(-c3ccccc3)cc(C(C)(C)C)cc1-c1ccccc1)c1cc(-n3c4c([2H])c([2H])c([2H])c([2H])c4c4c([2H])c([2H])c([2H])c([2H])c43)cc3c1B2c1ccc(-n2c4ccc(C(C)(C)C)cc4c4cc(C(C)(C)C)ccc42)cc1C31c2ccccc2Oc2ccccc21. The molecule has 0 radical (unpaired) electrons. The Hall–Kier alpha value is -11.9. The number of rotatable bonds is 6. The van der Waals surface area contributed by atoms with Crippen LogP contribution in [0.5, 0.6) is 11.5 Å².